The van der Waals surface area contributed by atoms with Crippen molar-refractivity contribution in [3.8, 4) is 0 Å². The van der Waals surface area contributed by atoms with E-state index in [1.54, 1.807) is 18.2 Å². The van der Waals surface area contributed by atoms with Gasteiger partial charge in [0.1, 0.15) is 4.90 Å². The summed E-state index contributed by atoms with van der Waals surface area (Å²) in [7, 11) is -3.68. The Morgan fingerprint density at radius 1 is 0.952 bits per heavy atom. The van der Waals surface area contributed by atoms with Crippen LogP contribution in [0.1, 0.15) is 5.56 Å². The minimum atomic E-state index is -3.68. The van der Waals surface area contributed by atoms with Crippen molar-refractivity contribution in [2.24, 2.45) is 4.40 Å². The average molecular weight is 362 g/mol. The molecule has 0 saturated carbocycles. The van der Waals surface area contributed by atoms with E-state index in [0.717, 1.165) is 0 Å². The summed E-state index contributed by atoms with van der Waals surface area (Å²) < 4.78 is 27.6. The zero-order valence-electron chi connectivity index (χ0n) is 10.3. The van der Waals surface area contributed by atoms with E-state index >= 15 is 0 Å². The molecule has 2 aromatic carbocycles. The molecule has 0 unspecified atom stereocenters. The van der Waals surface area contributed by atoms with E-state index in [9.17, 15) is 8.42 Å². The summed E-state index contributed by atoms with van der Waals surface area (Å²) >= 11 is 17.9. The molecule has 0 aliphatic carbocycles. The van der Waals surface area contributed by atoms with Crippen LogP contribution in [0.3, 0.4) is 0 Å². The van der Waals surface area contributed by atoms with Gasteiger partial charge in [-0.1, -0.05) is 46.9 Å². The zero-order valence-corrected chi connectivity index (χ0v) is 13.4. The molecule has 21 heavy (non-hydrogen) atoms. The van der Waals surface area contributed by atoms with E-state index < -0.39 is 10.0 Å². The van der Waals surface area contributed by atoms with Crippen molar-refractivity contribution < 1.29 is 8.42 Å². The predicted octanol–water partition coefficient (Wildman–Crippen LogP) is 4.21. The SMILES string of the molecule is O=S1(=O)N=C(Nc2cc(Cl)c(Cl)cc2Cl)c2ccccc21. The van der Waals surface area contributed by atoms with Crippen LogP contribution in [0.4, 0.5) is 5.69 Å². The summed E-state index contributed by atoms with van der Waals surface area (Å²) in [6.45, 7) is 0. The summed E-state index contributed by atoms with van der Waals surface area (Å²) in [4.78, 5) is 0.156. The molecule has 8 heteroatoms. The number of benzene rings is 2. The van der Waals surface area contributed by atoms with E-state index in [2.05, 4.69) is 9.71 Å². The second-order valence-corrected chi connectivity index (χ2v) is 7.08. The molecule has 0 spiro atoms. The van der Waals surface area contributed by atoms with Crippen molar-refractivity contribution in [3.63, 3.8) is 0 Å². The molecule has 0 bridgehead atoms. The van der Waals surface area contributed by atoms with Crippen molar-refractivity contribution >= 4 is 56.3 Å². The molecule has 0 saturated heterocycles. The largest absolute Gasteiger partial charge is 0.338 e. The third-order valence-electron chi connectivity index (χ3n) is 2.89. The van der Waals surface area contributed by atoms with Gasteiger partial charge in [0.05, 0.1) is 20.8 Å². The Hall–Kier alpha value is -1.27. The molecule has 0 amide bonds. The first-order valence-corrected chi connectivity index (χ1v) is 8.32. The zero-order chi connectivity index (χ0) is 15.2. The summed E-state index contributed by atoms with van der Waals surface area (Å²) in [6, 6.07) is 9.52. The fourth-order valence-electron chi connectivity index (χ4n) is 1.94. The Morgan fingerprint density at radius 3 is 2.38 bits per heavy atom. The predicted molar refractivity (Wildman–Crippen MR) is 85.3 cm³/mol. The van der Waals surface area contributed by atoms with Gasteiger partial charge in [0.25, 0.3) is 10.0 Å². The van der Waals surface area contributed by atoms with Crippen molar-refractivity contribution in [3.05, 3.63) is 57.0 Å². The van der Waals surface area contributed by atoms with Crippen molar-refractivity contribution in [1.82, 2.24) is 0 Å². The summed E-state index contributed by atoms with van der Waals surface area (Å²) in [5.74, 6) is 0.200. The van der Waals surface area contributed by atoms with Crippen LogP contribution in [0.2, 0.25) is 15.1 Å². The minimum absolute atomic E-state index is 0.156. The molecule has 108 valence electrons. The number of nitrogens with one attached hydrogen (secondary N) is 1. The molecule has 3 rings (SSSR count). The molecule has 0 atom stereocenters. The lowest BCUT2D eigenvalue weighted by Gasteiger charge is -2.09. The summed E-state index contributed by atoms with van der Waals surface area (Å²) in [5.41, 5.74) is 0.913. The van der Waals surface area contributed by atoms with Gasteiger partial charge in [-0.3, -0.25) is 0 Å². The van der Waals surface area contributed by atoms with E-state index in [1.807, 2.05) is 0 Å². The molecule has 1 N–H and O–H groups in total. The molecule has 0 aromatic heterocycles. The van der Waals surface area contributed by atoms with Crippen LogP contribution in [0.5, 0.6) is 0 Å². The highest BCUT2D eigenvalue weighted by atomic mass is 35.5. The quantitative estimate of drug-likeness (QED) is 0.774. The Morgan fingerprint density at radius 2 is 1.62 bits per heavy atom. The van der Waals surface area contributed by atoms with Gasteiger partial charge in [-0.05, 0) is 24.3 Å². The standard InChI is InChI=1S/C13H7Cl3N2O2S/c14-8-5-10(16)11(6-9(8)15)17-13-7-3-1-2-4-12(7)21(19,20)18-13/h1-6H,(H,17,18). The van der Waals surface area contributed by atoms with Gasteiger partial charge in [-0.15, -0.1) is 4.40 Å². The lowest BCUT2D eigenvalue weighted by molar-refractivity contribution is 0.599. The fourth-order valence-corrected chi connectivity index (χ4v) is 3.71. The number of rotatable bonds is 1. The molecular weight excluding hydrogens is 355 g/mol. The number of sulfonamides is 1. The van der Waals surface area contributed by atoms with Gasteiger partial charge in [-0.2, -0.15) is 8.42 Å². The highest BCUT2D eigenvalue weighted by molar-refractivity contribution is 7.90. The maximum atomic E-state index is 12.0. The molecular formula is C13H7Cl3N2O2S. The summed E-state index contributed by atoms with van der Waals surface area (Å²) in [6.07, 6.45) is 0. The minimum Gasteiger partial charge on any atom is -0.338 e. The summed E-state index contributed by atoms with van der Waals surface area (Å²) in [5, 5.41) is 3.82. The van der Waals surface area contributed by atoms with Crippen molar-refractivity contribution in [1.29, 1.82) is 0 Å². The maximum Gasteiger partial charge on any atom is 0.285 e. The lowest BCUT2D eigenvalue weighted by Crippen LogP contribution is -2.11. The molecule has 1 aliphatic heterocycles. The number of hydrogen-bond acceptors (Lipinski definition) is 3. The molecule has 2 aromatic rings. The molecule has 1 heterocycles. The highest BCUT2D eigenvalue weighted by Gasteiger charge is 2.28. The smallest absolute Gasteiger partial charge is 0.285 e. The van der Waals surface area contributed by atoms with Gasteiger partial charge in [0.2, 0.25) is 0 Å². The Bertz CT molecular complexity index is 879. The molecule has 0 fully saturated rings. The number of halogens is 3. The van der Waals surface area contributed by atoms with Gasteiger partial charge in [0.15, 0.2) is 5.84 Å². The fraction of sp³-hybridized carbons (Fsp3) is 0. The van der Waals surface area contributed by atoms with E-state index in [0.29, 0.717) is 26.3 Å². The first-order valence-electron chi connectivity index (χ1n) is 5.74. The van der Waals surface area contributed by atoms with Crippen LogP contribution in [0, 0.1) is 0 Å². The van der Waals surface area contributed by atoms with Gasteiger partial charge >= 0.3 is 0 Å². The topological polar surface area (TPSA) is 58.5 Å². The van der Waals surface area contributed by atoms with E-state index in [-0.39, 0.29) is 10.7 Å². The van der Waals surface area contributed by atoms with Crippen LogP contribution < -0.4 is 5.32 Å². The monoisotopic (exact) mass is 360 g/mol. The first kappa shape index (κ1) is 14.7. The molecule has 1 aliphatic rings. The second-order valence-electron chi connectivity index (χ2n) is 4.28. The van der Waals surface area contributed by atoms with Crippen LogP contribution in [-0.2, 0) is 10.0 Å². The number of hydrogen-bond donors (Lipinski definition) is 1. The van der Waals surface area contributed by atoms with Crippen LogP contribution >= 0.6 is 34.8 Å². The lowest BCUT2D eigenvalue weighted by atomic mass is 10.2. The molecule has 0 radical (unpaired) electrons. The van der Waals surface area contributed by atoms with Gasteiger partial charge in [-0.25, -0.2) is 0 Å². The molecule has 4 nitrogen and oxygen atoms in total. The Balaban J connectivity index is 2.06. The normalized spacial score (nSPS) is 15.5. The Kier molecular flexibility index (Phi) is 3.61. The number of fused-ring (bicyclic) bond motifs is 1. The number of nitrogens with zero attached hydrogens (tertiary/aromatic N) is 1. The van der Waals surface area contributed by atoms with E-state index in [1.165, 1.54) is 18.2 Å². The van der Waals surface area contributed by atoms with Crippen LogP contribution in [-0.4, -0.2) is 14.3 Å². The van der Waals surface area contributed by atoms with Crippen molar-refractivity contribution in [2.45, 2.75) is 4.90 Å². The van der Waals surface area contributed by atoms with Crippen LogP contribution in [0.25, 0.3) is 0 Å². The van der Waals surface area contributed by atoms with Crippen LogP contribution in [0.15, 0.2) is 45.7 Å². The highest BCUT2D eigenvalue weighted by Crippen LogP contribution is 2.34. The first-order chi connectivity index (χ1) is 9.88. The Labute approximate surface area is 136 Å². The number of anilines is 1. The third kappa shape index (κ3) is 2.62. The number of amidine groups is 1. The van der Waals surface area contributed by atoms with E-state index in [4.69, 9.17) is 34.8 Å². The van der Waals surface area contributed by atoms with Gasteiger partial charge < -0.3 is 5.32 Å². The third-order valence-corrected chi connectivity index (χ3v) is 5.26. The average Bonchev–Trinajstić information content (AvgIpc) is 2.68. The van der Waals surface area contributed by atoms with Crippen molar-refractivity contribution in [2.75, 3.05) is 5.32 Å². The van der Waals surface area contributed by atoms with Gasteiger partial charge in [0, 0.05) is 5.56 Å². The maximum absolute atomic E-state index is 12.0. The second kappa shape index (κ2) is 5.18.